The molecule has 7 nitrogen and oxygen atoms in total. The second-order valence-corrected chi connectivity index (χ2v) is 7.51. The summed E-state index contributed by atoms with van der Waals surface area (Å²) >= 11 is 0. The molecule has 0 saturated heterocycles. The van der Waals surface area contributed by atoms with Gasteiger partial charge in [0.1, 0.15) is 29.8 Å². The predicted octanol–water partition coefficient (Wildman–Crippen LogP) is 3.16. The highest BCUT2D eigenvalue weighted by Crippen LogP contribution is 2.35. The molecule has 4 aromatic rings. The molecule has 2 aromatic heterocycles. The summed E-state index contributed by atoms with van der Waals surface area (Å²) in [6, 6.07) is 10.7. The Balaban J connectivity index is 1.45. The number of hydrogen-bond donors (Lipinski definition) is 2. The van der Waals surface area contributed by atoms with Gasteiger partial charge < -0.3 is 24.2 Å². The molecule has 0 fully saturated rings. The highest BCUT2D eigenvalue weighted by atomic mass is 19.1. The summed E-state index contributed by atoms with van der Waals surface area (Å²) in [4.78, 5) is 15.3. The molecule has 1 aliphatic heterocycles. The maximum Gasteiger partial charge on any atom is 0.164 e. The van der Waals surface area contributed by atoms with Crippen molar-refractivity contribution >= 4 is 17.1 Å². The first-order valence-corrected chi connectivity index (χ1v) is 10.4. The average molecular weight is 434 g/mol. The monoisotopic (exact) mass is 434 g/mol. The molecule has 8 heteroatoms. The number of hydrogen-bond acceptors (Lipinski definition) is 5. The van der Waals surface area contributed by atoms with Crippen LogP contribution in [0.5, 0.6) is 11.5 Å². The van der Waals surface area contributed by atoms with Crippen LogP contribution in [0.1, 0.15) is 29.5 Å². The zero-order valence-electron chi connectivity index (χ0n) is 17.8. The lowest BCUT2D eigenvalue weighted by molar-refractivity contribution is 0.132. The number of nitrogens with zero attached hydrogens (tertiary/aromatic N) is 2. The lowest BCUT2D eigenvalue weighted by atomic mass is 10.0. The maximum atomic E-state index is 15.2. The van der Waals surface area contributed by atoms with Gasteiger partial charge in [-0.25, -0.2) is 9.37 Å². The van der Waals surface area contributed by atoms with E-state index < -0.39 is 11.9 Å². The average Bonchev–Trinajstić information content (AvgIpc) is 3.43. The van der Waals surface area contributed by atoms with Gasteiger partial charge >= 0.3 is 0 Å². The zero-order chi connectivity index (χ0) is 22.1. The second-order valence-electron chi connectivity index (χ2n) is 7.51. The van der Waals surface area contributed by atoms with Gasteiger partial charge in [0.2, 0.25) is 0 Å². The SMILES string of the molecule is COc1cc(C(OC)c2c[nH]c3c2=CCCN=3)c(F)cc1OCc1nc2ccccc2[nH]1. The van der Waals surface area contributed by atoms with Crippen molar-refractivity contribution in [1.29, 1.82) is 0 Å². The number of imidazole rings is 1. The number of benzene rings is 2. The van der Waals surface area contributed by atoms with E-state index in [4.69, 9.17) is 14.2 Å². The summed E-state index contributed by atoms with van der Waals surface area (Å²) in [6.07, 6.45) is 4.15. The number of rotatable bonds is 7. The van der Waals surface area contributed by atoms with Crippen LogP contribution in [0.2, 0.25) is 0 Å². The molecule has 164 valence electrons. The molecule has 1 aliphatic rings. The summed E-state index contributed by atoms with van der Waals surface area (Å²) < 4.78 is 32.3. The minimum atomic E-state index is -0.613. The molecular weight excluding hydrogens is 411 g/mol. The number of aromatic nitrogens is 3. The van der Waals surface area contributed by atoms with Gasteiger partial charge in [0.05, 0.1) is 18.1 Å². The number of methoxy groups -OCH3 is 2. The Hall–Kier alpha value is -3.65. The van der Waals surface area contributed by atoms with E-state index in [1.54, 1.807) is 13.2 Å². The molecule has 2 N–H and O–H groups in total. The highest BCUT2D eigenvalue weighted by Gasteiger charge is 2.23. The van der Waals surface area contributed by atoms with Crippen molar-refractivity contribution in [3.05, 3.63) is 76.1 Å². The molecule has 0 radical (unpaired) electrons. The minimum absolute atomic E-state index is 0.152. The Bertz CT molecular complexity index is 1360. The smallest absolute Gasteiger partial charge is 0.164 e. The molecular formula is C24H23FN4O3. The molecule has 0 amide bonds. The van der Waals surface area contributed by atoms with Crippen LogP contribution < -0.4 is 20.2 Å². The van der Waals surface area contributed by atoms with E-state index in [2.05, 4.69) is 26.0 Å². The number of ether oxygens (including phenoxy) is 3. The van der Waals surface area contributed by atoms with E-state index in [0.29, 0.717) is 22.9 Å². The van der Waals surface area contributed by atoms with Gasteiger partial charge in [0.15, 0.2) is 11.5 Å². The van der Waals surface area contributed by atoms with Crippen molar-refractivity contribution in [2.45, 2.75) is 19.1 Å². The van der Waals surface area contributed by atoms with Gasteiger partial charge in [-0.15, -0.1) is 0 Å². The van der Waals surface area contributed by atoms with Gasteiger partial charge in [-0.2, -0.15) is 0 Å². The van der Waals surface area contributed by atoms with E-state index in [-0.39, 0.29) is 6.61 Å². The Morgan fingerprint density at radius 3 is 2.81 bits per heavy atom. The highest BCUT2D eigenvalue weighted by molar-refractivity contribution is 5.74. The summed E-state index contributed by atoms with van der Waals surface area (Å²) in [7, 11) is 3.08. The van der Waals surface area contributed by atoms with Crippen LogP contribution in [0.4, 0.5) is 4.39 Å². The standard InChI is InChI=1S/C24H23FN4O3/c1-30-20-10-15(23(31-2)16-12-27-24-14(16)6-5-9-26-24)17(25)11-21(20)32-13-22-28-18-7-3-4-8-19(18)29-22/h3-4,6-8,10-12,23H,5,9,13H2,1-2H3,(H,26,27)(H,28,29). The predicted molar refractivity (Wildman–Crippen MR) is 118 cm³/mol. The largest absolute Gasteiger partial charge is 0.493 e. The van der Waals surface area contributed by atoms with Crippen LogP contribution in [-0.4, -0.2) is 35.7 Å². The van der Waals surface area contributed by atoms with Gasteiger partial charge in [-0.05, 0) is 24.6 Å². The summed E-state index contributed by atoms with van der Waals surface area (Å²) in [5.74, 6) is 0.907. The van der Waals surface area contributed by atoms with Crippen LogP contribution in [0, 0.1) is 5.82 Å². The number of fused-ring (bicyclic) bond motifs is 2. The normalized spacial score (nSPS) is 13.8. The van der Waals surface area contributed by atoms with Crippen LogP contribution in [0.25, 0.3) is 17.1 Å². The van der Waals surface area contributed by atoms with Gasteiger partial charge in [-0.3, -0.25) is 4.99 Å². The van der Waals surface area contributed by atoms with E-state index in [1.165, 1.54) is 13.2 Å². The van der Waals surface area contributed by atoms with Crippen molar-refractivity contribution < 1.29 is 18.6 Å². The molecule has 32 heavy (non-hydrogen) atoms. The maximum absolute atomic E-state index is 15.2. The summed E-state index contributed by atoms with van der Waals surface area (Å²) in [6.45, 7) is 0.892. The van der Waals surface area contributed by atoms with Crippen molar-refractivity contribution in [3.8, 4) is 11.5 Å². The van der Waals surface area contributed by atoms with Gasteiger partial charge in [-0.1, -0.05) is 18.2 Å². The third-order valence-corrected chi connectivity index (χ3v) is 5.56. The van der Waals surface area contributed by atoms with Crippen molar-refractivity contribution in [2.24, 2.45) is 4.99 Å². The zero-order valence-corrected chi connectivity index (χ0v) is 17.8. The van der Waals surface area contributed by atoms with Crippen molar-refractivity contribution in [3.63, 3.8) is 0 Å². The molecule has 3 heterocycles. The van der Waals surface area contributed by atoms with E-state index in [0.717, 1.165) is 40.3 Å². The fraction of sp³-hybridized carbons (Fsp3) is 0.250. The second kappa shape index (κ2) is 8.47. The lowest BCUT2D eigenvalue weighted by Gasteiger charge is -2.19. The first kappa shape index (κ1) is 20.3. The molecule has 2 aromatic carbocycles. The quantitative estimate of drug-likeness (QED) is 0.468. The van der Waals surface area contributed by atoms with Gasteiger partial charge in [0, 0.05) is 42.3 Å². The molecule has 0 aliphatic carbocycles. The van der Waals surface area contributed by atoms with E-state index in [1.807, 2.05) is 30.5 Å². The van der Waals surface area contributed by atoms with E-state index >= 15 is 4.39 Å². The molecule has 0 spiro atoms. The molecule has 0 saturated carbocycles. The fourth-order valence-corrected chi connectivity index (χ4v) is 4.05. The third kappa shape index (κ3) is 3.62. The first-order chi connectivity index (χ1) is 15.7. The Kier molecular flexibility index (Phi) is 5.36. The number of halogens is 1. The van der Waals surface area contributed by atoms with Crippen LogP contribution in [0.3, 0.4) is 0 Å². The van der Waals surface area contributed by atoms with E-state index in [9.17, 15) is 0 Å². The van der Waals surface area contributed by atoms with Crippen LogP contribution in [0.15, 0.2) is 47.6 Å². The molecule has 5 rings (SSSR count). The molecule has 1 atom stereocenters. The van der Waals surface area contributed by atoms with Crippen LogP contribution >= 0.6 is 0 Å². The Labute approximate surface area is 183 Å². The van der Waals surface area contributed by atoms with Crippen molar-refractivity contribution in [2.75, 3.05) is 20.8 Å². The Morgan fingerprint density at radius 2 is 2.00 bits per heavy atom. The summed E-state index contributed by atoms with van der Waals surface area (Å²) in [5.41, 5.74) is 3.76. The fourth-order valence-electron chi connectivity index (χ4n) is 4.05. The topological polar surface area (TPSA) is 84.5 Å². The van der Waals surface area contributed by atoms with Gasteiger partial charge in [0.25, 0.3) is 0 Å². The van der Waals surface area contributed by atoms with Crippen LogP contribution in [-0.2, 0) is 11.3 Å². The lowest BCUT2D eigenvalue weighted by Crippen LogP contribution is -2.30. The number of aromatic amines is 2. The third-order valence-electron chi connectivity index (χ3n) is 5.56. The number of H-pyrrole nitrogens is 2. The summed E-state index contributed by atoms with van der Waals surface area (Å²) in [5, 5.41) is 0.951. The Morgan fingerprint density at radius 1 is 1.12 bits per heavy atom. The molecule has 0 bridgehead atoms. The number of para-hydroxylation sites is 2. The first-order valence-electron chi connectivity index (χ1n) is 10.4. The number of nitrogens with one attached hydrogen (secondary N) is 2. The molecule has 1 unspecified atom stereocenters. The van der Waals surface area contributed by atoms with Crippen molar-refractivity contribution in [1.82, 2.24) is 15.0 Å². The minimum Gasteiger partial charge on any atom is -0.493 e.